The number of hydrogen-bond acceptors (Lipinski definition) is 5. The van der Waals surface area contributed by atoms with Crippen molar-refractivity contribution in [3.05, 3.63) is 59.1 Å². The van der Waals surface area contributed by atoms with Crippen molar-refractivity contribution in [3.63, 3.8) is 0 Å². The van der Waals surface area contributed by atoms with Crippen LogP contribution < -0.4 is 4.90 Å². The molecular formula is C17H13BrN6O. The van der Waals surface area contributed by atoms with Crippen LogP contribution >= 0.6 is 15.9 Å². The molecule has 0 aliphatic heterocycles. The Balaban J connectivity index is 1.76. The van der Waals surface area contributed by atoms with E-state index in [9.17, 15) is 4.79 Å². The van der Waals surface area contributed by atoms with Crippen molar-refractivity contribution in [2.45, 2.75) is 6.54 Å². The third kappa shape index (κ3) is 4.08. The summed E-state index contributed by atoms with van der Waals surface area (Å²) >= 11 is 3.37. The highest BCUT2D eigenvalue weighted by Crippen LogP contribution is 2.18. The van der Waals surface area contributed by atoms with Crippen LogP contribution in [0.15, 0.2) is 59.1 Å². The first-order valence-electron chi connectivity index (χ1n) is 7.43. The molecule has 124 valence electrons. The Morgan fingerprint density at radius 1 is 1.16 bits per heavy atom. The Morgan fingerprint density at radius 2 is 1.88 bits per heavy atom. The van der Waals surface area contributed by atoms with Gasteiger partial charge in [0.1, 0.15) is 13.1 Å². The second-order valence-corrected chi connectivity index (χ2v) is 6.04. The van der Waals surface area contributed by atoms with Crippen LogP contribution in [0.2, 0.25) is 0 Å². The van der Waals surface area contributed by atoms with Gasteiger partial charge < -0.3 is 0 Å². The minimum Gasteiger partial charge on any atom is -0.297 e. The second-order valence-electron chi connectivity index (χ2n) is 5.12. The summed E-state index contributed by atoms with van der Waals surface area (Å²) in [7, 11) is 0. The molecule has 0 aliphatic carbocycles. The van der Waals surface area contributed by atoms with E-state index in [1.165, 1.54) is 9.70 Å². The van der Waals surface area contributed by atoms with Gasteiger partial charge in [-0.2, -0.15) is 10.1 Å². The zero-order valence-corrected chi connectivity index (χ0v) is 14.7. The molecule has 1 aromatic heterocycles. The SMILES string of the molecule is N#CCN(C(=O)Cn1nnc(-c2ccc(Br)cc2)n1)c1ccccc1. The van der Waals surface area contributed by atoms with Gasteiger partial charge in [0.2, 0.25) is 5.82 Å². The molecule has 0 radical (unpaired) electrons. The van der Waals surface area contributed by atoms with Gasteiger partial charge in [0.05, 0.1) is 6.07 Å². The number of amides is 1. The van der Waals surface area contributed by atoms with Crippen molar-refractivity contribution in [2.24, 2.45) is 0 Å². The molecule has 0 atom stereocenters. The van der Waals surface area contributed by atoms with E-state index in [-0.39, 0.29) is 19.0 Å². The standard InChI is InChI=1S/C17H13BrN6O/c18-14-8-6-13(7-9-14)17-20-22-24(21-17)12-16(25)23(11-10-19)15-4-2-1-3-5-15/h1-9H,11-12H2. The van der Waals surface area contributed by atoms with Gasteiger partial charge in [-0.3, -0.25) is 9.69 Å². The van der Waals surface area contributed by atoms with Gasteiger partial charge in [0, 0.05) is 15.7 Å². The van der Waals surface area contributed by atoms with Crippen LogP contribution in [-0.2, 0) is 11.3 Å². The predicted octanol–water partition coefficient (Wildman–Crippen LogP) is 2.66. The maximum atomic E-state index is 12.5. The number of anilines is 1. The fraction of sp³-hybridized carbons (Fsp3) is 0.118. The van der Waals surface area contributed by atoms with E-state index < -0.39 is 0 Å². The molecule has 0 unspecified atom stereocenters. The van der Waals surface area contributed by atoms with Crippen LogP contribution in [0.1, 0.15) is 0 Å². The van der Waals surface area contributed by atoms with Crippen LogP contribution in [0.3, 0.4) is 0 Å². The highest BCUT2D eigenvalue weighted by Gasteiger charge is 2.17. The third-order valence-corrected chi connectivity index (χ3v) is 3.96. The number of nitriles is 1. The fourth-order valence-corrected chi connectivity index (χ4v) is 2.50. The maximum absolute atomic E-state index is 12.5. The lowest BCUT2D eigenvalue weighted by Crippen LogP contribution is -2.34. The molecule has 0 saturated heterocycles. The van der Waals surface area contributed by atoms with E-state index in [1.807, 2.05) is 48.5 Å². The molecule has 8 heteroatoms. The van der Waals surface area contributed by atoms with Gasteiger partial charge in [0.25, 0.3) is 5.91 Å². The number of hydrogen-bond donors (Lipinski definition) is 0. The zero-order valence-electron chi connectivity index (χ0n) is 13.1. The van der Waals surface area contributed by atoms with E-state index in [2.05, 4.69) is 31.3 Å². The lowest BCUT2D eigenvalue weighted by molar-refractivity contribution is -0.119. The lowest BCUT2D eigenvalue weighted by atomic mass is 10.2. The first-order valence-corrected chi connectivity index (χ1v) is 8.23. The Bertz CT molecular complexity index is 901. The van der Waals surface area contributed by atoms with Crippen molar-refractivity contribution in [3.8, 4) is 17.5 Å². The van der Waals surface area contributed by atoms with Gasteiger partial charge in [-0.25, -0.2) is 0 Å². The summed E-state index contributed by atoms with van der Waals surface area (Å²) < 4.78 is 0.953. The molecule has 3 rings (SSSR count). The van der Waals surface area contributed by atoms with Crippen LogP contribution in [0.25, 0.3) is 11.4 Å². The van der Waals surface area contributed by atoms with Gasteiger partial charge >= 0.3 is 0 Å². The summed E-state index contributed by atoms with van der Waals surface area (Å²) in [5.74, 6) is 0.152. The smallest absolute Gasteiger partial charge is 0.251 e. The monoisotopic (exact) mass is 396 g/mol. The maximum Gasteiger partial charge on any atom is 0.251 e. The molecule has 0 fully saturated rings. The van der Waals surface area contributed by atoms with E-state index in [4.69, 9.17) is 5.26 Å². The minimum atomic E-state index is -0.285. The Morgan fingerprint density at radius 3 is 2.56 bits per heavy atom. The van der Waals surface area contributed by atoms with Gasteiger partial charge in [-0.15, -0.1) is 10.2 Å². The van der Waals surface area contributed by atoms with Crippen molar-refractivity contribution in [2.75, 3.05) is 11.4 Å². The zero-order chi connectivity index (χ0) is 17.6. The second kappa shape index (κ2) is 7.68. The number of halogens is 1. The predicted molar refractivity (Wildman–Crippen MR) is 95.4 cm³/mol. The molecule has 2 aromatic carbocycles. The molecule has 7 nitrogen and oxygen atoms in total. The number of benzene rings is 2. The topological polar surface area (TPSA) is 87.7 Å². The van der Waals surface area contributed by atoms with Crippen LogP contribution in [0.4, 0.5) is 5.69 Å². The largest absolute Gasteiger partial charge is 0.297 e. The average Bonchev–Trinajstić information content (AvgIpc) is 3.09. The number of carbonyl (C=O) groups is 1. The van der Waals surface area contributed by atoms with Gasteiger partial charge in [-0.1, -0.05) is 34.1 Å². The summed E-state index contributed by atoms with van der Waals surface area (Å²) in [6.07, 6.45) is 0. The summed E-state index contributed by atoms with van der Waals surface area (Å²) in [6.45, 7) is -0.142. The van der Waals surface area contributed by atoms with E-state index in [0.29, 0.717) is 11.5 Å². The number of para-hydroxylation sites is 1. The summed E-state index contributed by atoms with van der Waals surface area (Å²) in [5.41, 5.74) is 1.46. The van der Waals surface area contributed by atoms with E-state index >= 15 is 0 Å². The summed E-state index contributed by atoms with van der Waals surface area (Å²) in [6, 6.07) is 18.5. The van der Waals surface area contributed by atoms with Crippen molar-refractivity contribution in [1.82, 2.24) is 20.2 Å². The highest BCUT2D eigenvalue weighted by atomic mass is 79.9. The molecule has 1 heterocycles. The molecule has 3 aromatic rings. The molecule has 0 N–H and O–H groups in total. The first-order chi connectivity index (χ1) is 12.2. The summed E-state index contributed by atoms with van der Waals surface area (Å²) in [5, 5.41) is 21.1. The Kier molecular flexibility index (Phi) is 5.16. The molecular weight excluding hydrogens is 384 g/mol. The lowest BCUT2D eigenvalue weighted by Gasteiger charge is -2.19. The molecule has 1 amide bonds. The van der Waals surface area contributed by atoms with Crippen molar-refractivity contribution >= 4 is 27.5 Å². The van der Waals surface area contributed by atoms with Crippen molar-refractivity contribution < 1.29 is 4.79 Å². The molecule has 25 heavy (non-hydrogen) atoms. The Labute approximate surface area is 152 Å². The van der Waals surface area contributed by atoms with Crippen LogP contribution in [0, 0.1) is 11.3 Å². The van der Waals surface area contributed by atoms with E-state index in [0.717, 1.165) is 10.0 Å². The number of tetrazole rings is 1. The van der Waals surface area contributed by atoms with E-state index in [1.54, 1.807) is 12.1 Å². The van der Waals surface area contributed by atoms with Crippen LogP contribution in [0.5, 0.6) is 0 Å². The minimum absolute atomic E-state index is 0.0445. The highest BCUT2D eigenvalue weighted by molar-refractivity contribution is 9.10. The normalized spacial score (nSPS) is 10.2. The van der Waals surface area contributed by atoms with Crippen LogP contribution in [-0.4, -0.2) is 32.7 Å². The first kappa shape index (κ1) is 16.8. The third-order valence-electron chi connectivity index (χ3n) is 3.43. The molecule has 0 aliphatic rings. The van der Waals surface area contributed by atoms with Gasteiger partial charge in [-0.05, 0) is 41.6 Å². The van der Waals surface area contributed by atoms with Crippen molar-refractivity contribution in [1.29, 1.82) is 5.26 Å². The number of rotatable bonds is 5. The number of carbonyl (C=O) groups excluding carboxylic acids is 1. The summed E-state index contributed by atoms with van der Waals surface area (Å²) in [4.78, 5) is 15.2. The Hall–Kier alpha value is -3.05. The fourth-order valence-electron chi connectivity index (χ4n) is 2.23. The number of aromatic nitrogens is 4. The molecule has 0 saturated carbocycles. The van der Waals surface area contributed by atoms with Gasteiger partial charge in [0.15, 0.2) is 0 Å². The number of nitrogens with zero attached hydrogens (tertiary/aromatic N) is 6. The molecule has 0 spiro atoms. The average molecular weight is 397 g/mol. The molecule has 0 bridgehead atoms. The quantitative estimate of drug-likeness (QED) is 0.618.